The number of ether oxygens (including phenoxy) is 1. The van der Waals surface area contributed by atoms with E-state index in [9.17, 15) is 14.4 Å². The summed E-state index contributed by atoms with van der Waals surface area (Å²) in [5.41, 5.74) is 0. The van der Waals surface area contributed by atoms with Crippen LogP contribution in [0.15, 0.2) is 17.5 Å². The molecule has 2 fully saturated rings. The lowest BCUT2D eigenvalue weighted by molar-refractivity contribution is -0.146. The highest BCUT2D eigenvalue weighted by atomic mass is 32.1. The van der Waals surface area contributed by atoms with Crippen molar-refractivity contribution in [2.24, 2.45) is 5.92 Å². The third-order valence-corrected chi connectivity index (χ3v) is 6.15. The number of thiophene rings is 1. The van der Waals surface area contributed by atoms with E-state index in [1.165, 1.54) is 13.5 Å². The maximum atomic E-state index is 12.3. The van der Waals surface area contributed by atoms with Gasteiger partial charge in [-0.05, 0) is 36.6 Å². The minimum atomic E-state index is -0.516. The Labute approximate surface area is 157 Å². The molecule has 26 heavy (non-hydrogen) atoms. The zero-order valence-electron chi connectivity index (χ0n) is 14.9. The van der Waals surface area contributed by atoms with Crippen molar-refractivity contribution in [1.29, 1.82) is 0 Å². The SMILES string of the molecule is COC(=O)C1CC2CCCCC2N1CC(=O)NC(=O)NCc1cccs1. The molecule has 2 heterocycles. The van der Waals surface area contributed by atoms with Gasteiger partial charge in [0.2, 0.25) is 5.91 Å². The van der Waals surface area contributed by atoms with Crippen molar-refractivity contribution < 1.29 is 19.1 Å². The summed E-state index contributed by atoms with van der Waals surface area (Å²) < 4.78 is 4.92. The molecule has 0 spiro atoms. The Bertz CT molecular complexity index is 649. The van der Waals surface area contributed by atoms with Gasteiger partial charge in [-0.25, -0.2) is 4.79 Å². The van der Waals surface area contributed by atoms with E-state index in [1.54, 1.807) is 11.3 Å². The number of nitrogens with zero attached hydrogens (tertiary/aromatic N) is 1. The van der Waals surface area contributed by atoms with Crippen molar-refractivity contribution in [2.45, 2.75) is 50.7 Å². The quantitative estimate of drug-likeness (QED) is 0.763. The standard InChI is InChI=1S/C18H25N3O4S/c1-25-17(23)15-9-12-5-2-3-7-14(12)21(15)11-16(22)20-18(24)19-10-13-6-4-8-26-13/h4,6,8,12,14-15H,2-3,5,7,9-11H2,1H3,(H2,19,20,22,24). The van der Waals surface area contributed by atoms with E-state index in [0.717, 1.165) is 30.6 Å². The molecule has 3 atom stereocenters. The lowest BCUT2D eigenvalue weighted by Gasteiger charge is -2.32. The zero-order valence-corrected chi connectivity index (χ0v) is 15.7. The number of hydrogen-bond donors (Lipinski definition) is 2. The van der Waals surface area contributed by atoms with Gasteiger partial charge < -0.3 is 10.1 Å². The molecule has 1 aromatic rings. The smallest absolute Gasteiger partial charge is 0.323 e. The molecule has 142 valence electrons. The molecule has 0 radical (unpaired) electrons. The van der Waals surface area contributed by atoms with Crippen LogP contribution in [0.25, 0.3) is 0 Å². The first-order valence-corrected chi connectivity index (χ1v) is 9.90. The zero-order chi connectivity index (χ0) is 18.5. The Hall–Kier alpha value is -1.93. The molecule has 8 heteroatoms. The van der Waals surface area contributed by atoms with E-state index in [-0.39, 0.29) is 18.6 Å². The molecule has 7 nitrogen and oxygen atoms in total. The van der Waals surface area contributed by atoms with Gasteiger partial charge in [-0.3, -0.25) is 19.8 Å². The number of methoxy groups -OCH3 is 1. The maximum Gasteiger partial charge on any atom is 0.323 e. The van der Waals surface area contributed by atoms with Crippen molar-refractivity contribution in [1.82, 2.24) is 15.5 Å². The van der Waals surface area contributed by atoms with Crippen molar-refractivity contribution in [3.63, 3.8) is 0 Å². The third-order valence-electron chi connectivity index (χ3n) is 5.28. The van der Waals surface area contributed by atoms with Crippen LogP contribution in [-0.4, -0.2) is 48.5 Å². The van der Waals surface area contributed by atoms with Crippen molar-refractivity contribution in [3.05, 3.63) is 22.4 Å². The summed E-state index contributed by atoms with van der Waals surface area (Å²) in [5, 5.41) is 6.97. The average molecular weight is 379 g/mol. The number of amides is 3. The second-order valence-electron chi connectivity index (χ2n) is 6.87. The minimum absolute atomic E-state index is 0.0351. The number of likely N-dealkylation sites (tertiary alicyclic amines) is 1. The first-order valence-electron chi connectivity index (χ1n) is 9.02. The molecule has 0 aromatic carbocycles. The number of fused-ring (bicyclic) bond motifs is 1. The van der Waals surface area contributed by atoms with Crippen molar-refractivity contribution >= 4 is 29.2 Å². The van der Waals surface area contributed by atoms with E-state index in [1.807, 2.05) is 22.4 Å². The number of hydrogen-bond acceptors (Lipinski definition) is 6. The highest BCUT2D eigenvalue weighted by Crippen LogP contribution is 2.39. The fraction of sp³-hybridized carbons (Fsp3) is 0.611. The van der Waals surface area contributed by atoms with Gasteiger partial charge in [0.1, 0.15) is 6.04 Å². The Balaban J connectivity index is 1.55. The summed E-state index contributed by atoms with van der Waals surface area (Å²) in [6.07, 6.45) is 5.07. The van der Waals surface area contributed by atoms with Gasteiger partial charge in [0.05, 0.1) is 20.2 Å². The monoisotopic (exact) mass is 379 g/mol. The lowest BCUT2D eigenvalue weighted by Crippen LogP contribution is -2.50. The van der Waals surface area contributed by atoms with Gasteiger partial charge in [0, 0.05) is 10.9 Å². The average Bonchev–Trinajstić information content (AvgIpc) is 3.27. The van der Waals surface area contributed by atoms with Crippen LogP contribution in [0.4, 0.5) is 4.79 Å². The molecule has 1 aromatic heterocycles. The number of esters is 1. The summed E-state index contributed by atoms with van der Waals surface area (Å²) in [6, 6.07) is 3.13. The van der Waals surface area contributed by atoms with E-state index < -0.39 is 18.0 Å². The Kier molecular flexibility index (Phi) is 6.26. The molecule has 1 aliphatic carbocycles. The summed E-state index contributed by atoms with van der Waals surface area (Å²) >= 11 is 1.54. The Morgan fingerprint density at radius 2 is 2.12 bits per heavy atom. The van der Waals surface area contributed by atoms with Crippen molar-refractivity contribution in [3.8, 4) is 0 Å². The molecule has 1 saturated heterocycles. The fourth-order valence-corrected chi connectivity index (χ4v) is 4.75. The summed E-state index contributed by atoms with van der Waals surface area (Å²) in [5.74, 6) is -0.267. The van der Waals surface area contributed by atoms with Crippen LogP contribution in [0.2, 0.25) is 0 Å². The van der Waals surface area contributed by atoms with Gasteiger partial charge in [0.15, 0.2) is 0 Å². The number of urea groups is 1. The normalized spacial score (nSPS) is 25.3. The van der Waals surface area contributed by atoms with Gasteiger partial charge in [-0.1, -0.05) is 18.9 Å². The molecule has 0 bridgehead atoms. The number of nitrogens with one attached hydrogen (secondary N) is 2. The molecule has 1 aliphatic heterocycles. The molecular weight excluding hydrogens is 354 g/mol. The first-order chi connectivity index (χ1) is 12.6. The molecular formula is C18H25N3O4S. The number of imide groups is 1. The molecule has 1 saturated carbocycles. The van der Waals surface area contributed by atoms with E-state index in [4.69, 9.17) is 4.74 Å². The van der Waals surface area contributed by atoms with E-state index >= 15 is 0 Å². The number of carbonyl (C=O) groups excluding carboxylic acids is 3. The highest BCUT2D eigenvalue weighted by molar-refractivity contribution is 7.09. The second-order valence-corrected chi connectivity index (χ2v) is 7.90. The van der Waals surface area contributed by atoms with Crippen LogP contribution in [0.1, 0.15) is 37.0 Å². The molecule has 2 N–H and O–H groups in total. The second kappa shape index (κ2) is 8.64. The predicted molar refractivity (Wildman–Crippen MR) is 97.6 cm³/mol. The number of rotatable bonds is 5. The Morgan fingerprint density at radius 3 is 2.85 bits per heavy atom. The van der Waals surface area contributed by atoms with Crippen molar-refractivity contribution in [2.75, 3.05) is 13.7 Å². The van der Waals surface area contributed by atoms with Gasteiger partial charge in [0.25, 0.3) is 0 Å². The highest BCUT2D eigenvalue weighted by Gasteiger charge is 2.46. The Morgan fingerprint density at radius 1 is 1.31 bits per heavy atom. The lowest BCUT2D eigenvalue weighted by atomic mass is 9.85. The van der Waals surface area contributed by atoms with Crippen LogP contribution in [-0.2, 0) is 20.9 Å². The molecule has 3 unspecified atom stereocenters. The minimum Gasteiger partial charge on any atom is -0.468 e. The van der Waals surface area contributed by atoms with Crippen LogP contribution in [0, 0.1) is 5.92 Å². The van der Waals surface area contributed by atoms with Gasteiger partial charge in [-0.2, -0.15) is 0 Å². The molecule has 2 aliphatic rings. The van der Waals surface area contributed by atoms with E-state index in [0.29, 0.717) is 12.5 Å². The predicted octanol–water partition coefficient (Wildman–Crippen LogP) is 1.88. The number of carbonyl (C=O) groups is 3. The summed E-state index contributed by atoms with van der Waals surface area (Å²) in [7, 11) is 1.38. The molecule has 3 rings (SSSR count). The van der Waals surface area contributed by atoms with Crippen LogP contribution < -0.4 is 10.6 Å². The van der Waals surface area contributed by atoms with Crippen LogP contribution in [0.3, 0.4) is 0 Å². The largest absolute Gasteiger partial charge is 0.468 e. The fourth-order valence-electron chi connectivity index (χ4n) is 4.10. The first kappa shape index (κ1) is 18.8. The molecule has 3 amide bonds. The third kappa shape index (κ3) is 4.42. The van der Waals surface area contributed by atoms with Gasteiger partial charge >= 0.3 is 12.0 Å². The van der Waals surface area contributed by atoms with Crippen LogP contribution >= 0.6 is 11.3 Å². The van der Waals surface area contributed by atoms with Gasteiger partial charge in [-0.15, -0.1) is 11.3 Å². The summed E-state index contributed by atoms with van der Waals surface area (Å²) in [4.78, 5) is 39.3. The summed E-state index contributed by atoms with van der Waals surface area (Å²) in [6.45, 7) is 0.420. The van der Waals surface area contributed by atoms with Crippen LogP contribution in [0.5, 0.6) is 0 Å². The topological polar surface area (TPSA) is 87.7 Å². The maximum absolute atomic E-state index is 12.3. The van der Waals surface area contributed by atoms with E-state index in [2.05, 4.69) is 10.6 Å².